The molecule has 4 nitrogen and oxygen atoms in total. The van der Waals surface area contributed by atoms with Crippen LogP contribution in [0, 0.1) is 24.0 Å². The van der Waals surface area contributed by atoms with Gasteiger partial charge in [-0.1, -0.05) is 12.1 Å². The molecule has 0 saturated heterocycles. The van der Waals surface area contributed by atoms with Gasteiger partial charge in [-0.15, -0.1) is 0 Å². The van der Waals surface area contributed by atoms with Gasteiger partial charge in [0.15, 0.2) is 0 Å². The number of alkyl halides is 3. The molecular weight excluding hydrogens is 357 g/mol. The van der Waals surface area contributed by atoms with Crippen molar-refractivity contribution in [3.63, 3.8) is 0 Å². The summed E-state index contributed by atoms with van der Waals surface area (Å²) < 4.78 is 40.1. The summed E-state index contributed by atoms with van der Waals surface area (Å²) in [5.41, 5.74) is 3.82. The molecule has 3 rings (SSSR count). The molecule has 0 spiro atoms. The predicted molar refractivity (Wildman–Crippen MR) is 96.5 cm³/mol. The second kappa shape index (κ2) is 6.90. The van der Waals surface area contributed by atoms with Crippen LogP contribution in [-0.2, 0) is 12.7 Å². The number of aromatic nitrogens is 1. The van der Waals surface area contributed by atoms with Crippen molar-refractivity contribution >= 4 is 5.69 Å². The summed E-state index contributed by atoms with van der Waals surface area (Å²) in [5.74, 6) is 0. The highest BCUT2D eigenvalue weighted by Gasteiger charge is 2.29. The van der Waals surface area contributed by atoms with Crippen molar-refractivity contribution in [1.82, 2.24) is 4.57 Å². The quantitative estimate of drug-likeness (QED) is 0.431. The molecule has 0 aliphatic rings. The fourth-order valence-electron chi connectivity index (χ4n) is 3.08. The molecule has 0 amide bonds. The summed E-state index contributed by atoms with van der Waals surface area (Å²) in [6, 6.07) is 13.4. The van der Waals surface area contributed by atoms with E-state index in [4.69, 9.17) is 0 Å². The first-order valence-electron chi connectivity index (χ1n) is 8.24. The third-order valence-electron chi connectivity index (χ3n) is 4.58. The van der Waals surface area contributed by atoms with Crippen LogP contribution in [-0.4, -0.2) is 9.49 Å². The number of nitro groups is 1. The van der Waals surface area contributed by atoms with Crippen molar-refractivity contribution in [2.45, 2.75) is 26.6 Å². The molecule has 0 aliphatic heterocycles. The number of aryl methyl sites for hydroxylation is 1. The van der Waals surface area contributed by atoms with Gasteiger partial charge in [0, 0.05) is 35.6 Å². The smallest absolute Gasteiger partial charge is 0.344 e. The van der Waals surface area contributed by atoms with Gasteiger partial charge in [-0.05, 0) is 55.3 Å². The van der Waals surface area contributed by atoms with E-state index in [2.05, 4.69) is 0 Å². The lowest BCUT2D eigenvalue weighted by Gasteiger charge is -2.12. The first kappa shape index (κ1) is 18.7. The van der Waals surface area contributed by atoms with Crippen molar-refractivity contribution in [2.24, 2.45) is 0 Å². The van der Waals surface area contributed by atoms with Crippen LogP contribution in [0.1, 0.15) is 22.5 Å². The predicted octanol–water partition coefficient (Wildman–Crippen LogP) is 5.75. The molecule has 0 saturated carbocycles. The Morgan fingerprint density at radius 3 is 2.11 bits per heavy atom. The number of nitro benzene ring substituents is 1. The third kappa shape index (κ3) is 3.86. The Labute approximate surface area is 154 Å². The van der Waals surface area contributed by atoms with Gasteiger partial charge in [-0.3, -0.25) is 10.1 Å². The Balaban J connectivity index is 1.88. The molecule has 0 unspecified atom stereocenters. The van der Waals surface area contributed by atoms with Gasteiger partial charge in [0.25, 0.3) is 5.69 Å². The Morgan fingerprint density at radius 1 is 1.00 bits per heavy atom. The van der Waals surface area contributed by atoms with E-state index in [1.807, 2.05) is 24.5 Å². The maximum atomic E-state index is 12.7. The molecule has 7 heteroatoms. The second-order valence-electron chi connectivity index (χ2n) is 6.37. The fourth-order valence-corrected chi connectivity index (χ4v) is 3.08. The maximum Gasteiger partial charge on any atom is 0.416 e. The zero-order valence-corrected chi connectivity index (χ0v) is 14.7. The van der Waals surface area contributed by atoms with Crippen LogP contribution >= 0.6 is 0 Å². The van der Waals surface area contributed by atoms with E-state index in [9.17, 15) is 23.3 Å². The third-order valence-corrected chi connectivity index (χ3v) is 4.58. The molecule has 0 N–H and O–H groups in total. The van der Waals surface area contributed by atoms with Crippen molar-refractivity contribution in [3.05, 3.63) is 87.2 Å². The number of rotatable bonds is 4. The van der Waals surface area contributed by atoms with E-state index in [1.54, 1.807) is 12.1 Å². The fraction of sp³-hybridized carbons (Fsp3) is 0.200. The van der Waals surface area contributed by atoms with E-state index in [0.717, 1.165) is 40.2 Å². The van der Waals surface area contributed by atoms with Crippen LogP contribution in [0.3, 0.4) is 0 Å². The summed E-state index contributed by atoms with van der Waals surface area (Å²) >= 11 is 0. The topological polar surface area (TPSA) is 48.1 Å². The number of hydrogen-bond acceptors (Lipinski definition) is 2. The van der Waals surface area contributed by atoms with E-state index < -0.39 is 16.7 Å². The van der Waals surface area contributed by atoms with Gasteiger partial charge in [0.2, 0.25) is 0 Å². The molecule has 0 aliphatic carbocycles. The van der Waals surface area contributed by atoms with Crippen molar-refractivity contribution in [3.8, 4) is 11.1 Å². The van der Waals surface area contributed by atoms with Gasteiger partial charge >= 0.3 is 6.18 Å². The van der Waals surface area contributed by atoms with Gasteiger partial charge in [0.05, 0.1) is 10.5 Å². The summed E-state index contributed by atoms with van der Waals surface area (Å²) in [4.78, 5) is 10.3. The molecule has 0 atom stereocenters. The molecule has 27 heavy (non-hydrogen) atoms. The number of nitrogens with zero attached hydrogens (tertiary/aromatic N) is 2. The minimum absolute atomic E-state index is 0.0253. The first-order valence-corrected chi connectivity index (χ1v) is 8.24. The zero-order chi connectivity index (χ0) is 19.8. The lowest BCUT2D eigenvalue weighted by molar-refractivity contribution is -0.384. The molecule has 1 aromatic heterocycles. The Hall–Kier alpha value is -3.09. The Morgan fingerprint density at radius 2 is 1.59 bits per heavy atom. The van der Waals surface area contributed by atoms with Gasteiger partial charge in [0.1, 0.15) is 0 Å². The normalized spacial score (nSPS) is 11.6. The molecule has 0 fully saturated rings. The van der Waals surface area contributed by atoms with Gasteiger partial charge in [-0.2, -0.15) is 13.2 Å². The van der Waals surface area contributed by atoms with Crippen LogP contribution in [0.25, 0.3) is 11.1 Å². The summed E-state index contributed by atoms with van der Waals surface area (Å²) in [6.07, 6.45) is -4.35. The Bertz CT molecular complexity index is 972. The van der Waals surface area contributed by atoms with Crippen LogP contribution in [0.15, 0.2) is 54.6 Å². The number of hydrogen-bond donors (Lipinski definition) is 0. The molecule has 1 heterocycles. The lowest BCUT2D eigenvalue weighted by atomic mass is 10.1. The molecule has 140 valence electrons. The first-order chi connectivity index (χ1) is 12.7. The van der Waals surface area contributed by atoms with Crippen molar-refractivity contribution in [1.29, 1.82) is 0 Å². The van der Waals surface area contributed by atoms with Crippen LogP contribution < -0.4 is 0 Å². The largest absolute Gasteiger partial charge is 0.416 e. The molecule has 3 aromatic rings. The van der Waals surface area contributed by atoms with Crippen LogP contribution in [0.5, 0.6) is 0 Å². The average molecular weight is 374 g/mol. The monoisotopic (exact) mass is 374 g/mol. The van der Waals surface area contributed by atoms with Gasteiger partial charge in [-0.25, -0.2) is 0 Å². The SMILES string of the molecule is Cc1cc(-c2ccc([N+](=O)[O-])cc2)c(C)n1Cc1ccc(C(F)(F)F)cc1. The average Bonchev–Trinajstić information content (AvgIpc) is 2.90. The maximum absolute atomic E-state index is 12.7. The van der Waals surface area contributed by atoms with E-state index >= 15 is 0 Å². The summed E-state index contributed by atoms with van der Waals surface area (Å²) in [5, 5.41) is 10.8. The summed E-state index contributed by atoms with van der Waals surface area (Å²) in [7, 11) is 0. The van der Waals surface area contributed by atoms with E-state index in [0.29, 0.717) is 6.54 Å². The number of benzene rings is 2. The zero-order valence-electron chi connectivity index (χ0n) is 14.7. The standard InChI is InChI=1S/C20H17F3N2O2/c1-13-11-19(16-5-9-18(10-6-16)25(26)27)14(2)24(13)12-15-3-7-17(8-4-15)20(21,22)23/h3-11H,12H2,1-2H3. The minimum Gasteiger partial charge on any atom is -0.344 e. The molecule has 0 radical (unpaired) electrons. The highest BCUT2D eigenvalue weighted by atomic mass is 19.4. The lowest BCUT2D eigenvalue weighted by Crippen LogP contribution is -2.07. The molecule has 2 aromatic carbocycles. The van der Waals surface area contributed by atoms with Gasteiger partial charge < -0.3 is 4.57 Å². The van der Waals surface area contributed by atoms with Crippen LogP contribution in [0.4, 0.5) is 18.9 Å². The Kier molecular flexibility index (Phi) is 4.78. The highest BCUT2D eigenvalue weighted by Crippen LogP contribution is 2.31. The van der Waals surface area contributed by atoms with Crippen molar-refractivity contribution in [2.75, 3.05) is 0 Å². The molecule has 0 bridgehead atoms. The molecular formula is C20H17F3N2O2. The van der Waals surface area contributed by atoms with E-state index in [1.165, 1.54) is 24.3 Å². The van der Waals surface area contributed by atoms with Crippen LogP contribution in [0.2, 0.25) is 0 Å². The number of non-ortho nitro benzene ring substituents is 1. The minimum atomic E-state index is -4.35. The number of halogens is 3. The highest BCUT2D eigenvalue weighted by molar-refractivity contribution is 5.68. The second-order valence-corrected chi connectivity index (χ2v) is 6.37. The van der Waals surface area contributed by atoms with Crippen molar-refractivity contribution < 1.29 is 18.1 Å². The summed E-state index contributed by atoms with van der Waals surface area (Å²) in [6.45, 7) is 4.29. The van der Waals surface area contributed by atoms with E-state index in [-0.39, 0.29) is 5.69 Å².